The van der Waals surface area contributed by atoms with Crippen molar-refractivity contribution in [2.45, 2.75) is 11.4 Å². The summed E-state index contributed by atoms with van der Waals surface area (Å²) < 4.78 is 28.3. The maximum Gasteiger partial charge on any atom is 0.276 e. The van der Waals surface area contributed by atoms with Crippen LogP contribution in [-0.4, -0.2) is 89.6 Å². The van der Waals surface area contributed by atoms with Gasteiger partial charge in [0.05, 0.1) is 11.2 Å². The van der Waals surface area contributed by atoms with E-state index in [1.165, 1.54) is 43.2 Å². The molecular formula is C17H20Cl2N6O4S. The molecule has 0 N–H and O–H groups in total. The number of hydrogen-bond donors (Lipinski definition) is 0. The maximum atomic E-state index is 12.9. The van der Waals surface area contributed by atoms with Crippen LogP contribution in [0.2, 0.25) is 10.0 Å². The van der Waals surface area contributed by atoms with Crippen LogP contribution in [0.5, 0.6) is 0 Å². The van der Waals surface area contributed by atoms with Gasteiger partial charge in [0.15, 0.2) is 5.69 Å². The first kappa shape index (κ1) is 22.5. The van der Waals surface area contributed by atoms with Crippen LogP contribution < -0.4 is 0 Å². The Morgan fingerprint density at radius 1 is 1.13 bits per heavy atom. The van der Waals surface area contributed by atoms with Crippen LogP contribution in [0.1, 0.15) is 10.5 Å². The first-order valence-electron chi connectivity index (χ1n) is 8.94. The highest BCUT2D eigenvalue weighted by atomic mass is 35.5. The average Bonchev–Trinajstić information content (AvgIpc) is 3.17. The number of halogens is 2. The molecule has 10 nitrogen and oxygen atoms in total. The van der Waals surface area contributed by atoms with Gasteiger partial charge in [-0.2, -0.15) is 4.31 Å². The standard InChI is InChI=1S/C17H20Cl2N6O4S/c1-22(2)16(26)11-24-10-14(20-21-24)17(27)23-5-7-25(8-6-23)30(28,29)15-9-12(18)3-4-13(15)19/h3-4,9-10H,5-8,11H2,1-2H3. The maximum absolute atomic E-state index is 12.9. The molecule has 0 aliphatic carbocycles. The molecule has 0 radical (unpaired) electrons. The number of nitrogens with zero attached hydrogens (tertiary/aromatic N) is 6. The van der Waals surface area contributed by atoms with Crippen molar-refractivity contribution in [1.29, 1.82) is 0 Å². The van der Waals surface area contributed by atoms with Crippen molar-refractivity contribution in [1.82, 2.24) is 29.1 Å². The molecule has 0 atom stereocenters. The van der Waals surface area contributed by atoms with E-state index in [0.29, 0.717) is 0 Å². The highest BCUT2D eigenvalue weighted by Gasteiger charge is 2.32. The third kappa shape index (κ3) is 4.75. The Bertz CT molecular complexity index is 1060. The molecule has 162 valence electrons. The van der Waals surface area contributed by atoms with Gasteiger partial charge in [0, 0.05) is 45.3 Å². The van der Waals surface area contributed by atoms with E-state index in [1.54, 1.807) is 14.1 Å². The summed E-state index contributed by atoms with van der Waals surface area (Å²) in [6.07, 6.45) is 1.40. The van der Waals surface area contributed by atoms with Gasteiger partial charge in [-0.1, -0.05) is 28.4 Å². The molecule has 0 bridgehead atoms. The van der Waals surface area contributed by atoms with Crippen molar-refractivity contribution >= 4 is 45.0 Å². The summed E-state index contributed by atoms with van der Waals surface area (Å²) in [5, 5.41) is 7.98. The summed E-state index contributed by atoms with van der Waals surface area (Å²) >= 11 is 12.0. The van der Waals surface area contributed by atoms with Crippen molar-refractivity contribution in [3.63, 3.8) is 0 Å². The molecule has 1 fully saturated rings. The van der Waals surface area contributed by atoms with Gasteiger partial charge in [0.1, 0.15) is 11.4 Å². The third-order valence-electron chi connectivity index (χ3n) is 4.59. The second-order valence-electron chi connectivity index (χ2n) is 6.86. The smallest absolute Gasteiger partial charge is 0.276 e. The van der Waals surface area contributed by atoms with E-state index >= 15 is 0 Å². The Morgan fingerprint density at radius 2 is 1.80 bits per heavy atom. The number of likely N-dealkylation sites (N-methyl/N-ethyl adjacent to an activating group) is 1. The van der Waals surface area contributed by atoms with Crippen LogP contribution in [0.25, 0.3) is 0 Å². The van der Waals surface area contributed by atoms with Gasteiger partial charge in [0.2, 0.25) is 15.9 Å². The lowest BCUT2D eigenvalue weighted by molar-refractivity contribution is -0.129. The van der Waals surface area contributed by atoms with Crippen molar-refractivity contribution < 1.29 is 18.0 Å². The fraction of sp³-hybridized carbons (Fsp3) is 0.412. The molecule has 2 amide bonds. The molecule has 1 aromatic carbocycles. The van der Waals surface area contributed by atoms with Crippen LogP contribution in [-0.2, 0) is 21.4 Å². The number of rotatable bonds is 5. The summed E-state index contributed by atoms with van der Waals surface area (Å²) in [6, 6.07) is 4.25. The third-order valence-corrected chi connectivity index (χ3v) is 7.21. The SMILES string of the molecule is CN(C)C(=O)Cn1cc(C(=O)N2CCN(S(=O)(=O)c3cc(Cl)ccc3Cl)CC2)nn1. The Morgan fingerprint density at radius 3 is 2.43 bits per heavy atom. The highest BCUT2D eigenvalue weighted by Crippen LogP contribution is 2.28. The minimum atomic E-state index is -3.84. The number of hydrogen-bond acceptors (Lipinski definition) is 6. The molecule has 30 heavy (non-hydrogen) atoms. The van der Waals surface area contributed by atoms with Gasteiger partial charge in [-0.25, -0.2) is 13.1 Å². The zero-order valence-electron chi connectivity index (χ0n) is 16.3. The minimum Gasteiger partial charge on any atom is -0.347 e. The van der Waals surface area contributed by atoms with Crippen molar-refractivity contribution in [3.05, 3.63) is 40.1 Å². The Kier molecular flexibility index (Phi) is 6.65. The molecule has 1 aliphatic heterocycles. The van der Waals surface area contributed by atoms with E-state index in [-0.39, 0.29) is 65.2 Å². The van der Waals surface area contributed by atoms with E-state index in [0.717, 1.165) is 0 Å². The number of carbonyl (C=O) groups is 2. The topological polar surface area (TPSA) is 109 Å². The van der Waals surface area contributed by atoms with Crippen LogP contribution in [0.15, 0.2) is 29.3 Å². The largest absolute Gasteiger partial charge is 0.347 e. The predicted molar refractivity (Wildman–Crippen MR) is 110 cm³/mol. The Hall–Kier alpha value is -2.21. The summed E-state index contributed by atoms with van der Waals surface area (Å²) in [5.41, 5.74) is 0.0933. The van der Waals surface area contributed by atoms with Crippen LogP contribution in [0.4, 0.5) is 0 Å². The number of carbonyl (C=O) groups excluding carboxylic acids is 2. The van der Waals surface area contributed by atoms with E-state index in [9.17, 15) is 18.0 Å². The fourth-order valence-electron chi connectivity index (χ4n) is 2.86. The highest BCUT2D eigenvalue weighted by molar-refractivity contribution is 7.89. The number of sulfonamides is 1. The monoisotopic (exact) mass is 474 g/mol. The molecule has 13 heteroatoms. The first-order chi connectivity index (χ1) is 14.1. The Balaban J connectivity index is 1.65. The second-order valence-corrected chi connectivity index (χ2v) is 9.61. The molecule has 2 heterocycles. The lowest BCUT2D eigenvalue weighted by Crippen LogP contribution is -2.50. The Labute approximate surface area is 184 Å². The number of piperazine rings is 1. The van der Waals surface area contributed by atoms with E-state index in [4.69, 9.17) is 23.2 Å². The normalized spacial score (nSPS) is 15.3. The van der Waals surface area contributed by atoms with Gasteiger partial charge in [-0.15, -0.1) is 5.10 Å². The summed E-state index contributed by atoms with van der Waals surface area (Å²) in [5.74, 6) is -0.561. The van der Waals surface area contributed by atoms with Gasteiger partial charge in [-0.05, 0) is 18.2 Å². The minimum absolute atomic E-state index is 0.0281. The van der Waals surface area contributed by atoms with E-state index < -0.39 is 10.0 Å². The summed E-state index contributed by atoms with van der Waals surface area (Å²) in [7, 11) is -0.601. The molecule has 1 aromatic heterocycles. The number of amides is 2. The molecular weight excluding hydrogens is 455 g/mol. The van der Waals surface area contributed by atoms with Gasteiger partial charge in [-0.3, -0.25) is 9.59 Å². The van der Waals surface area contributed by atoms with Crippen LogP contribution in [0, 0.1) is 0 Å². The van der Waals surface area contributed by atoms with Crippen molar-refractivity contribution in [2.24, 2.45) is 0 Å². The summed E-state index contributed by atoms with van der Waals surface area (Å²) in [4.78, 5) is 27.3. The molecule has 2 aromatic rings. The zero-order chi connectivity index (χ0) is 22.1. The van der Waals surface area contributed by atoms with Crippen molar-refractivity contribution in [2.75, 3.05) is 40.3 Å². The lowest BCUT2D eigenvalue weighted by Gasteiger charge is -2.33. The number of benzene rings is 1. The molecule has 0 spiro atoms. The van der Waals surface area contributed by atoms with E-state index in [1.807, 2.05) is 0 Å². The lowest BCUT2D eigenvalue weighted by atomic mass is 10.3. The predicted octanol–water partition coefficient (Wildman–Crippen LogP) is 0.820. The van der Waals surface area contributed by atoms with Crippen LogP contribution >= 0.6 is 23.2 Å². The summed E-state index contributed by atoms with van der Waals surface area (Å²) in [6.45, 7) is 0.535. The van der Waals surface area contributed by atoms with Gasteiger partial charge in [0.25, 0.3) is 5.91 Å². The fourth-order valence-corrected chi connectivity index (χ4v) is 5.02. The number of aromatic nitrogens is 3. The molecule has 0 saturated carbocycles. The van der Waals surface area contributed by atoms with E-state index in [2.05, 4.69) is 10.3 Å². The molecule has 0 unspecified atom stereocenters. The zero-order valence-corrected chi connectivity index (χ0v) is 18.7. The van der Waals surface area contributed by atoms with Crippen molar-refractivity contribution in [3.8, 4) is 0 Å². The molecule has 3 rings (SSSR count). The molecule has 1 aliphatic rings. The quantitative estimate of drug-likeness (QED) is 0.634. The second kappa shape index (κ2) is 8.88. The molecule has 1 saturated heterocycles. The van der Waals surface area contributed by atoms with Gasteiger partial charge >= 0.3 is 0 Å². The van der Waals surface area contributed by atoms with Crippen LogP contribution in [0.3, 0.4) is 0 Å². The first-order valence-corrected chi connectivity index (χ1v) is 11.1. The van der Waals surface area contributed by atoms with Gasteiger partial charge < -0.3 is 9.80 Å². The average molecular weight is 475 g/mol.